The van der Waals surface area contributed by atoms with E-state index in [-0.39, 0.29) is 0 Å². The lowest BCUT2D eigenvalue weighted by Gasteiger charge is -2.32. The highest BCUT2D eigenvalue weighted by Gasteiger charge is 2.24. The van der Waals surface area contributed by atoms with Gasteiger partial charge in [0.15, 0.2) is 0 Å². The minimum absolute atomic E-state index is 0.526. The van der Waals surface area contributed by atoms with Gasteiger partial charge in [-0.3, -0.25) is 0 Å². The summed E-state index contributed by atoms with van der Waals surface area (Å²) < 4.78 is 6.30. The molecule has 2 aliphatic rings. The highest BCUT2D eigenvalue weighted by molar-refractivity contribution is 5.11. The van der Waals surface area contributed by atoms with Crippen LogP contribution in [0.3, 0.4) is 0 Å². The lowest BCUT2D eigenvalue weighted by atomic mass is 9.80. The third-order valence-electron chi connectivity index (χ3n) is 6.45. The van der Waals surface area contributed by atoms with Crippen molar-refractivity contribution >= 4 is 0 Å². The normalized spacial score (nSPS) is 30.0. The van der Waals surface area contributed by atoms with Crippen LogP contribution in [0.25, 0.3) is 0 Å². The maximum atomic E-state index is 8.44. The van der Waals surface area contributed by atoms with Gasteiger partial charge in [0.1, 0.15) is 0 Å². The zero-order chi connectivity index (χ0) is 18.5. The molecule has 2 fully saturated rings. The highest BCUT2D eigenvalue weighted by Crippen LogP contribution is 2.34. The van der Waals surface area contributed by atoms with Crippen LogP contribution in [0.2, 0.25) is 0 Å². The van der Waals surface area contributed by atoms with Gasteiger partial charge in [-0.1, -0.05) is 57.3 Å². The van der Waals surface area contributed by atoms with E-state index in [2.05, 4.69) is 13.0 Å². The molecule has 146 valence electrons. The van der Waals surface area contributed by atoms with Crippen LogP contribution >= 0.6 is 0 Å². The number of hydrogen-bond acceptors (Lipinski definition) is 2. The Kier molecular flexibility index (Phi) is 10.7. The standard InChI is InChI=1S/C24H39NO/c1-2-3-9-21-11-13-23(14-12-21)20-26-24-17-15-22(16-18-24)10-7-5-4-6-8-19-25/h4-6,8,21-24H,2-3,7,9-18,20H2,1H3. The van der Waals surface area contributed by atoms with Crippen molar-refractivity contribution in [1.29, 1.82) is 5.26 Å². The molecule has 0 aromatic carbocycles. The third-order valence-corrected chi connectivity index (χ3v) is 6.45. The summed E-state index contributed by atoms with van der Waals surface area (Å²) in [4.78, 5) is 0. The molecule has 0 heterocycles. The first-order chi connectivity index (χ1) is 12.8. The molecule has 0 aliphatic heterocycles. The van der Waals surface area contributed by atoms with E-state index in [4.69, 9.17) is 10.00 Å². The molecule has 26 heavy (non-hydrogen) atoms. The second-order valence-electron chi connectivity index (χ2n) is 8.50. The van der Waals surface area contributed by atoms with Crippen LogP contribution in [-0.4, -0.2) is 12.7 Å². The van der Waals surface area contributed by atoms with Gasteiger partial charge in [0.25, 0.3) is 0 Å². The van der Waals surface area contributed by atoms with Crippen molar-refractivity contribution in [3.8, 4) is 6.07 Å². The topological polar surface area (TPSA) is 33.0 Å². The number of hydrogen-bond donors (Lipinski definition) is 0. The van der Waals surface area contributed by atoms with E-state index in [1.807, 2.05) is 18.2 Å². The Balaban J connectivity index is 1.51. The Labute approximate surface area is 161 Å². The second kappa shape index (κ2) is 13.2. The number of allylic oxidation sites excluding steroid dienone is 4. The van der Waals surface area contributed by atoms with Crippen LogP contribution in [0, 0.1) is 29.1 Å². The van der Waals surface area contributed by atoms with Crippen LogP contribution in [0.15, 0.2) is 24.3 Å². The molecule has 2 heteroatoms. The van der Waals surface area contributed by atoms with Crippen molar-refractivity contribution in [2.45, 2.75) is 96.5 Å². The van der Waals surface area contributed by atoms with Gasteiger partial charge in [0.2, 0.25) is 0 Å². The Morgan fingerprint density at radius 1 is 0.885 bits per heavy atom. The second-order valence-corrected chi connectivity index (χ2v) is 8.50. The predicted molar refractivity (Wildman–Crippen MR) is 110 cm³/mol. The van der Waals surface area contributed by atoms with E-state index < -0.39 is 0 Å². The lowest BCUT2D eigenvalue weighted by Crippen LogP contribution is -2.26. The van der Waals surface area contributed by atoms with E-state index in [1.54, 1.807) is 0 Å². The highest BCUT2D eigenvalue weighted by atomic mass is 16.5. The first-order valence-corrected chi connectivity index (χ1v) is 11.1. The Morgan fingerprint density at radius 3 is 2.23 bits per heavy atom. The van der Waals surface area contributed by atoms with Crippen molar-refractivity contribution in [1.82, 2.24) is 0 Å². The van der Waals surface area contributed by atoms with Crippen LogP contribution < -0.4 is 0 Å². The van der Waals surface area contributed by atoms with Gasteiger partial charge in [0, 0.05) is 12.7 Å². The fraction of sp³-hybridized carbons (Fsp3) is 0.792. The van der Waals surface area contributed by atoms with E-state index >= 15 is 0 Å². The quantitative estimate of drug-likeness (QED) is 0.312. The Bertz CT molecular complexity index is 445. The molecule has 2 saturated carbocycles. The molecule has 2 rings (SSSR count). The fourth-order valence-corrected chi connectivity index (χ4v) is 4.64. The summed E-state index contributed by atoms with van der Waals surface area (Å²) in [5, 5.41) is 8.44. The van der Waals surface area contributed by atoms with E-state index in [0.717, 1.165) is 30.8 Å². The van der Waals surface area contributed by atoms with Crippen molar-refractivity contribution in [3.05, 3.63) is 24.3 Å². The summed E-state index contributed by atoms with van der Waals surface area (Å²) in [5.74, 6) is 2.71. The minimum atomic E-state index is 0.526. The maximum absolute atomic E-state index is 8.44. The molecule has 2 aliphatic carbocycles. The zero-order valence-electron chi connectivity index (χ0n) is 16.9. The first kappa shape index (κ1) is 21.2. The minimum Gasteiger partial charge on any atom is -0.378 e. The summed E-state index contributed by atoms with van der Waals surface area (Å²) in [5.41, 5.74) is 0. The monoisotopic (exact) mass is 357 g/mol. The van der Waals surface area contributed by atoms with Gasteiger partial charge in [-0.2, -0.15) is 5.26 Å². The molecule has 0 unspecified atom stereocenters. The van der Waals surface area contributed by atoms with Crippen LogP contribution in [0.4, 0.5) is 0 Å². The van der Waals surface area contributed by atoms with Gasteiger partial charge < -0.3 is 4.74 Å². The smallest absolute Gasteiger partial charge is 0.0912 e. The first-order valence-electron chi connectivity index (χ1n) is 11.1. The molecule has 0 aromatic heterocycles. The van der Waals surface area contributed by atoms with E-state index in [1.165, 1.54) is 83.1 Å². The molecular formula is C24H39NO. The van der Waals surface area contributed by atoms with Crippen LogP contribution in [0.5, 0.6) is 0 Å². The summed E-state index contributed by atoms with van der Waals surface area (Å²) in [6, 6.07) is 2.01. The average Bonchev–Trinajstić information content (AvgIpc) is 2.69. The molecule has 0 radical (unpaired) electrons. The fourth-order valence-electron chi connectivity index (χ4n) is 4.64. The summed E-state index contributed by atoms with van der Waals surface area (Å²) in [6.45, 7) is 3.32. The van der Waals surface area contributed by atoms with Crippen molar-refractivity contribution in [2.75, 3.05) is 6.61 Å². The number of ether oxygens (including phenoxy) is 1. The third kappa shape index (κ3) is 8.54. The number of unbranched alkanes of at least 4 members (excludes halogenated alkanes) is 1. The molecule has 0 aromatic rings. The van der Waals surface area contributed by atoms with Gasteiger partial charge in [0.05, 0.1) is 12.2 Å². The summed E-state index contributed by atoms with van der Waals surface area (Å²) in [7, 11) is 0. The Hall–Kier alpha value is -1.07. The van der Waals surface area contributed by atoms with Crippen LogP contribution in [0.1, 0.15) is 90.4 Å². The van der Waals surface area contributed by atoms with E-state index in [0.29, 0.717) is 6.10 Å². The number of nitrogens with zero attached hydrogens (tertiary/aromatic N) is 1. The van der Waals surface area contributed by atoms with Gasteiger partial charge in [-0.15, -0.1) is 0 Å². The predicted octanol–water partition coefficient (Wildman–Crippen LogP) is 6.97. The van der Waals surface area contributed by atoms with Gasteiger partial charge in [-0.25, -0.2) is 0 Å². The molecule has 0 atom stereocenters. The van der Waals surface area contributed by atoms with Crippen molar-refractivity contribution in [3.63, 3.8) is 0 Å². The van der Waals surface area contributed by atoms with E-state index in [9.17, 15) is 0 Å². The number of nitriles is 1. The van der Waals surface area contributed by atoms with Crippen molar-refractivity contribution in [2.24, 2.45) is 17.8 Å². The molecule has 0 bridgehead atoms. The average molecular weight is 358 g/mol. The molecule has 2 nitrogen and oxygen atoms in total. The molecule has 0 amide bonds. The SMILES string of the molecule is CCCCC1CCC(COC2CCC(CCC=CC=CC#N)CC2)CC1. The van der Waals surface area contributed by atoms with Crippen LogP contribution in [-0.2, 0) is 4.74 Å². The van der Waals surface area contributed by atoms with Crippen molar-refractivity contribution < 1.29 is 4.74 Å². The van der Waals surface area contributed by atoms with Gasteiger partial charge in [-0.05, 0) is 69.1 Å². The maximum Gasteiger partial charge on any atom is 0.0912 e. The molecule has 0 N–H and O–H groups in total. The zero-order valence-corrected chi connectivity index (χ0v) is 16.9. The molecule has 0 spiro atoms. The molecular weight excluding hydrogens is 318 g/mol. The van der Waals surface area contributed by atoms with Gasteiger partial charge >= 0.3 is 0 Å². The molecule has 0 saturated heterocycles. The number of rotatable bonds is 10. The Morgan fingerprint density at radius 2 is 1.54 bits per heavy atom. The lowest BCUT2D eigenvalue weighted by molar-refractivity contribution is -0.0102. The summed E-state index contributed by atoms with van der Waals surface area (Å²) in [6.07, 6.45) is 25.6. The summed E-state index contributed by atoms with van der Waals surface area (Å²) >= 11 is 0. The largest absolute Gasteiger partial charge is 0.378 e.